The predicted molar refractivity (Wildman–Crippen MR) is 83.4 cm³/mol. The van der Waals surface area contributed by atoms with Crippen LogP contribution in [0.3, 0.4) is 0 Å². The summed E-state index contributed by atoms with van der Waals surface area (Å²) >= 11 is 1.28. The average Bonchev–Trinajstić information content (AvgIpc) is 2.89. The number of anilines is 1. The number of nitrogens with one attached hydrogen (secondary N) is 2. The van der Waals surface area contributed by atoms with Gasteiger partial charge in [-0.1, -0.05) is 0 Å². The lowest BCUT2D eigenvalue weighted by molar-refractivity contribution is -0.122. The molecule has 114 valence electrons. The number of fused-ring (bicyclic) bond motifs is 1. The van der Waals surface area contributed by atoms with Gasteiger partial charge < -0.3 is 16.4 Å². The molecule has 0 saturated heterocycles. The zero-order chi connectivity index (χ0) is 15.7. The highest BCUT2D eigenvalue weighted by Gasteiger charge is 2.23. The number of carbonyl (C=O) groups is 2. The largest absolute Gasteiger partial charge is 0.397 e. The molecule has 0 aliphatic heterocycles. The highest BCUT2D eigenvalue weighted by molar-refractivity contribution is 7.21. The molecule has 2 rings (SSSR count). The van der Waals surface area contributed by atoms with Crippen molar-refractivity contribution in [3.05, 3.63) is 10.6 Å². The van der Waals surface area contributed by atoms with Gasteiger partial charge in [0.15, 0.2) is 0 Å². The van der Waals surface area contributed by atoms with Gasteiger partial charge in [0.1, 0.15) is 15.7 Å². The number of nitrogens with two attached hydrogens (primary N) is 1. The van der Waals surface area contributed by atoms with Gasteiger partial charge in [0.2, 0.25) is 5.91 Å². The number of nitrogens with zero attached hydrogens (tertiary/aromatic N) is 2. The molecule has 0 aliphatic carbocycles. The third-order valence-electron chi connectivity index (χ3n) is 3.18. The van der Waals surface area contributed by atoms with E-state index in [1.165, 1.54) is 11.3 Å². The number of hydrogen-bond acceptors (Lipinski definition) is 5. The molecule has 0 bridgehead atoms. The number of amides is 2. The molecular weight excluding hydrogens is 290 g/mol. The molecule has 8 heteroatoms. The number of aromatic nitrogens is 2. The Labute approximate surface area is 126 Å². The van der Waals surface area contributed by atoms with E-state index in [4.69, 9.17) is 5.73 Å². The van der Waals surface area contributed by atoms with Crippen LogP contribution in [0.2, 0.25) is 0 Å². The topological polar surface area (TPSA) is 102 Å². The fourth-order valence-corrected chi connectivity index (χ4v) is 3.24. The van der Waals surface area contributed by atoms with E-state index in [-0.39, 0.29) is 11.8 Å². The lowest BCUT2D eigenvalue weighted by atomic mass is 10.2. The first-order valence-electron chi connectivity index (χ1n) is 6.66. The quantitative estimate of drug-likeness (QED) is 0.776. The second-order valence-corrected chi connectivity index (χ2v) is 5.82. The molecule has 0 aliphatic rings. The van der Waals surface area contributed by atoms with Crippen molar-refractivity contribution in [1.29, 1.82) is 0 Å². The highest BCUT2D eigenvalue weighted by atomic mass is 32.1. The SMILES string of the molecule is CCNC(=O)C(C)NC(=O)c1sc2c(c(C)nn2C)c1N. The van der Waals surface area contributed by atoms with Crippen molar-refractivity contribution in [1.82, 2.24) is 20.4 Å². The number of hydrogen-bond donors (Lipinski definition) is 3. The van der Waals surface area contributed by atoms with Gasteiger partial charge in [-0.2, -0.15) is 5.10 Å². The second kappa shape index (κ2) is 5.72. The number of carbonyl (C=O) groups excluding carboxylic acids is 2. The third kappa shape index (κ3) is 2.71. The lowest BCUT2D eigenvalue weighted by Gasteiger charge is -2.12. The summed E-state index contributed by atoms with van der Waals surface area (Å²) < 4.78 is 1.70. The van der Waals surface area contributed by atoms with E-state index in [1.54, 1.807) is 11.6 Å². The van der Waals surface area contributed by atoms with E-state index >= 15 is 0 Å². The Morgan fingerprint density at radius 2 is 2.14 bits per heavy atom. The van der Waals surface area contributed by atoms with Gasteiger partial charge in [0.05, 0.1) is 16.8 Å². The fourth-order valence-electron chi connectivity index (χ4n) is 2.15. The normalized spacial score (nSPS) is 12.4. The number of likely N-dealkylation sites (N-methyl/N-ethyl adjacent to an activating group) is 1. The van der Waals surface area contributed by atoms with E-state index in [2.05, 4.69) is 15.7 Å². The molecule has 21 heavy (non-hydrogen) atoms. The van der Waals surface area contributed by atoms with Gasteiger partial charge in [-0.15, -0.1) is 11.3 Å². The van der Waals surface area contributed by atoms with Gasteiger partial charge in [0, 0.05) is 13.6 Å². The lowest BCUT2D eigenvalue weighted by Crippen LogP contribution is -2.44. The fraction of sp³-hybridized carbons (Fsp3) is 0.462. The summed E-state index contributed by atoms with van der Waals surface area (Å²) in [4.78, 5) is 25.2. The van der Waals surface area contributed by atoms with Crippen molar-refractivity contribution in [3.63, 3.8) is 0 Å². The van der Waals surface area contributed by atoms with Crippen LogP contribution >= 0.6 is 11.3 Å². The summed E-state index contributed by atoms with van der Waals surface area (Å²) in [6.45, 7) is 5.84. The third-order valence-corrected chi connectivity index (χ3v) is 4.45. The zero-order valence-electron chi connectivity index (χ0n) is 12.5. The minimum Gasteiger partial charge on any atom is -0.397 e. The molecule has 4 N–H and O–H groups in total. The van der Waals surface area contributed by atoms with Gasteiger partial charge in [-0.05, 0) is 20.8 Å². The van der Waals surface area contributed by atoms with Crippen LogP contribution in [0, 0.1) is 6.92 Å². The van der Waals surface area contributed by atoms with Gasteiger partial charge >= 0.3 is 0 Å². The predicted octanol–water partition coefficient (Wildman–Crippen LogP) is 0.780. The standard InChI is InChI=1S/C13H19N5O2S/c1-5-15-11(19)7(3)16-12(20)10-9(14)8-6(2)17-18(4)13(8)21-10/h7H,5,14H2,1-4H3,(H,15,19)(H,16,20). The Morgan fingerprint density at radius 3 is 2.71 bits per heavy atom. The van der Waals surface area contributed by atoms with Crippen LogP contribution < -0.4 is 16.4 Å². The van der Waals surface area contributed by atoms with Gasteiger partial charge in [-0.3, -0.25) is 14.3 Å². The van der Waals surface area contributed by atoms with Crippen molar-refractivity contribution < 1.29 is 9.59 Å². The molecule has 1 atom stereocenters. The Bertz CT molecular complexity index is 703. The molecule has 2 aromatic rings. The van der Waals surface area contributed by atoms with Crippen molar-refractivity contribution in [2.45, 2.75) is 26.8 Å². The summed E-state index contributed by atoms with van der Waals surface area (Å²) in [5.74, 6) is -0.560. The van der Waals surface area contributed by atoms with E-state index < -0.39 is 6.04 Å². The minimum absolute atomic E-state index is 0.219. The van der Waals surface area contributed by atoms with Crippen LogP contribution in [0.5, 0.6) is 0 Å². The second-order valence-electron chi connectivity index (χ2n) is 4.82. The van der Waals surface area contributed by atoms with Crippen LogP contribution in [-0.2, 0) is 11.8 Å². The molecular formula is C13H19N5O2S. The van der Waals surface area contributed by atoms with Crippen LogP contribution in [-0.4, -0.2) is 34.2 Å². The summed E-state index contributed by atoms with van der Waals surface area (Å²) in [6, 6.07) is -0.610. The van der Waals surface area contributed by atoms with E-state index in [0.717, 1.165) is 15.9 Å². The molecule has 0 saturated carbocycles. The van der Waals surface area contributed by atoms with E-state index in [0.29, 0.717) is 17.1 Å². The van der Waals surface area contributed by atoms with Crippen LogP contribution in [0.25, 0.3) is 10.2 Å². The maximum absolute atomic E-state index is 12.3. The van der Waals surface area contributed by atoms with Crippen molar-refractivity contribution in [3.8, 4) is 0 Å². The molecule has 2 heterocycles. The Morgan fingerprint density at radius 1 is 1.48 bits per heavy atom. The van der Waals surface area contributed by atoms with Crippen molar-refractivity contribution >= 4 is 39.1 Å². The van der Waals surface area contributed by atoms with Crippen LogP contribution in [0.15, 0.2) is 0 Å². The Hall–Kier alpha value is -2.09. The summed E-state index contributed by atoms with van der Waals surface area (Å²) in [7, 11) is 1.81. The highest BCUT2D eigenvalue weighted by Crippen LogP contribution is 2.35. The Balaban J connectivity index is 2.26. The first-order chi connectivity index (χ1) is 9.86. The van der Waals surface area contributed by atoms with E-state index in [9.17, 15) is 9.59 Å². The first-order valence-corrected chi connectivity index (χ1v) is 7.48. The van der Waals surface area contributed by atoms with Gasteiger partial charge in [0.25, 0.3) is 5.91 Å². The first kappa shape index (κ1) is 15.3. The molecule has 7 nitrogen and oxygen atoms in total. The van der Waals surface area contributed by atoms with Crippen LogP contribution in [0.4, 0.5) is 5.69 Å². The summed E-state index contributed by atoms with van der Waals surface area (Å²) in [6.07, 6.45) is 0. The van der Waals surface area contributed by atoms with Crippen molar-refractivity contribution in [2.24, 2.45) is 7.05 Å². The molecule has 0 spiro atoms. The summed E-state index contributed by atoms with van der Waals surface area (Å²) in [5.41, 5.74) is 7.27. The van der Waals surface area contributed by atoms with E-state index in [1.807, 2.05) is 20.9 Å². The molecule has 0 aromatic carbocycles. The van der Waals surface area contributed by atoms with Gasteiger partial charge in [-0.25, -0.2) is 0 Å². The number of nitrogen functional groups attached to an aromatic ring is 1. The molecule has 2 aromatic heterocycles. The number of aryl methyl sites for hydroxylation is 2. The average molecular weight is 309 g/mol. The van der Waals surface area contributed by atoms with Crippen LogP contribution in [0.1, 0.15) is 29.2 Å². The zero-order valence-corrected chi connectivity index (χ0v) is 13.3. The number of rotatable bonds is 4. The smallest absolute Gasteiger partial charge is 0.264 e. The molecule has 1 unspecified atom stereocenters. The summed E-state index contributed by atoms with van der Waals surface area (Å²) in [5, 5.41) is 10.4. The Kier molecular flexibility index (Phi) is 4.17. The molecule has 2 amide bonds. The maximum Gasteiger partial charge on any atom is 0.264 e. The monoisotopic (exact) mass is 309 g/mol. The van der Waals surface area contributed by atoms with Crippen molar-refractivity contribution in [2.75, 3.05) is 12.3 Å². The maximum atomic E-state index is 12.3. The molecule has 0 radical (unpaired) electrons. The number of thiophene rings is 1. The molecule has 0 fully saturated rings. The minimum atomic E-state index is -0.610.